The minimum atomic E-state index is -0.477. The second-order valence-corrected chi connectivity index (χ2v) is 6.14. The summed E-state index contributed by atoms with van der Waals surface area (Å²) in [5, 5.41) is 11.6. The van der Waals surface area contributed by atoms with Gasteiger partial charge in [0.1, 0.15) is 11.5 Å². The molecule has 0 radical (unpaired) electrons. The second-order valence-electron chi connectivity index (χ2n) is 6.14. The number of anilines is 1. The van der Waals surface area contributed by atoms with Gasteiger partial charge in [0, 0.05) is 6.54 Å². The van der Waals surface area contributed by atoms with Crippen molar-refractivity contribution >= 4 is 11.4 Å². The number of piperidine rings is 1. The number of nitrogen functional groups attached to an aromatic ring is 1. The zero-order chi connectivity index (χ0) is 17.1. The third-order valence-electron chi connectivity index (χ3n) is 4.43. The number of nitrogens with zero attached hydrogens (tertiary/aromatic N) is 2. The summed E-state index contributed by atoms with van der Waals surface area (Å²) in [4.78, 5) is 13.4. The molecule has 1 aliphatic heterocycles. The average Bonchev–Trinajstić information content (AvgIpc) is 2.56. The smallest absolute Gasteiger partial charge is 0.300 e. The fraction of sp³-hybridized carbons (Fsp3) is 0.333. The van der Waals surface area contributed by atoms with E-state index in [-0.39, 0.29) is 11.4 Å². The van der Waals surface area contributed by atoms with Crippen LogP contribution in [0.25, 0.3) is 11.1 Å². The molecule has 2 aromatic carbocycles. The Balaban J connectivity index is 2.10. The molecule has 0 amide bonds. The lowest BCUT2D eigenvalue weighted by Crippen LogP contribution is -2.29. The Morgan fingerprint density at radius 1 is 1.17 bits per heavy atom. The summed E-state index contributed by atoms with van der Waals surface area (Å²) in [6.45, 7) is 2.55. The van der Waals surface area contributed by atoms with Crippen LogP contribution in [0, 0.1) is 15.9 Å². The van der Waals surface area contributed by atoms with Crippen molar-refractivity contribution in [2.75, 3.05) is 18.8 Å². The van der Waals surface area contributed by atoms with Crippen molar-refractivity contribution in [2.45, 2.75) is 25.8 Å². The number of hydrogen-bond donors (Lipinski definition) is 1. The first-order chi connectivity index (χ1) is 11.6. The van der Waals surface area contributed by atoms with E-state index in [0.29, 0.717) is 17.7 Å². The lowest BCUT2D eigenvalue weighted by Gasteiger charge is -2.27. The number of nitro groups is 1. The summed E-state index contributed by atoms with van der Waals surface area (Å²) in [6.07, 6.45) is 3.48. The van der Waals surface area contributed by atoms with Crippen LogP contribution < -0.4 is 5.73 Å². The molecule has 2 N–H and O–H groups in total. The van der Waals surface area contributed by atoms with Gasteiger partial charge in [-0.05, 0) is 55.3 Å². The summed E-state index contributed by atoms with van der Waals surface area (Å²) < 4.78 is 13.7. The maximum absolute atomic E-state index is 13.7. The van der Waals surface area contributed by atoms with E-state index in [0.717, 1.165) is 31.5 Å². The second kappa shape index (κ2) is 6.97. The quantitative estimate of drug-likeness (QED) is 0.523. The highest BCUT2D eigenvalue weighted by Crippen LogP contribution is 2.38. The molecule has 1 aliphatic rings. The lowest BCUT2D eigenvalue weighted by molar-refractivity contribution is -0.383. The molecule has 5 nitrogen and oxygen atoms in total. The van der Waals surface area contributed by atoms with Crippen LogP contribution in [-0.2, 0) is 6.54 Å². The predicted octanol–water partition coefficient (Wildman–Crippen LogP) is 3.97. The Morgan fingerprint density at radius 3 is 2.58 bits per heavy atom. The summed E-state index contributed by atoms with van der Waals surface area (Å²) in [6, 6.07) is 9.28. The Hall–Kier alpha value is -2.47. The van der Waals surface area contributed by atoms with Crippen molar-refractivity contribution in [2.24, 2.45) is 0 Å². The van der Waals surface area contributed by atoms with Crippen molar-refractivity contribution in [1.82, 2.24) is 4.90 Å². The molecule has 0 bridgehead atoms. The van der Waals surface area contributed by atoms with Crippen LogP contribution in [0.1, 0.15) is 24.8 Å². The number of nitrogens with two attached hydrogens (primary N) is 1. The van der Waals surface area contributed by atoms with Crippen LogP contribution in [0.15, 0.2) is 36.4 Å². The van der Waals surface area contributed by atoms with Gasteiger partial charge in [0.2, 0.25) is 0 Å². The fourth-order valence-electron chi connectivity index (χ4n) is 3.30. The molecule has 0 unspecified atom stereocenters. The zero-order valence-corrected chi connectivity index (χ0v) is 13.4. The van der Waals surface area contributed by atoms with Crippen LogP contribution in [0.5, 0.6) is 0 Å². The molecule has 1 saturated heterocycles. The molecule has 0 aliphatic carbocycles. The minimum Gasteiger partial charge on any atom is -0.393 e. The van der Waals surface area contributed by atoms with Gasteiger partial charge in [0.05, 0.1) is 10.5 Å². The number of likely N-dealkylation sites (tertiary alicyclic amines) is 1. The van der Waals surface area contributed by atoms with E-state index in [9.17, 15) is 14.5 Å². The molecular weight excluding hydrogens is 309 g/mol. The maximum atomic E-state index is 13.7. The molecule has 0 spiro atoms. The molecule has 1 heterocycles. The zero-order valence-electron chi connectivity index (χ0n) is 13.4. The van der Waals surface area contributed by atoms with Crippen LogP contribution in [0.4, 0.5) is 15.8 Å². The van der Waals surface area contributed by atoms with E-state index in [1.54, 1.807) is 18.2 Å². The van der Waals surface area contributed by atoms with E-state index in [1.807, 2.05) is 6.07 Å². The largest absolute Gasteiger partial charge is 0.393 e. The number of rotatable bonds is 4. The van der Waals surface area contributed by atoms with Crippen molar-refractivity contribution in [1.29, 1.82) is 0 Å². The van der Waals surface area contributed by atoms with Gasteiger partial charge in [-0.3, -0.25) is 15.0 Å². The monoisotopic (exact) mass is 329 g/mol. The van der Waals surface area contributed by atoms with Gasteiger partial charge in [-0.15, -0.1) is 0 Å². The molecule has 24 heavy (non-hydrogen) atoms. The number of hydrogen-bond acceptors (Lipinski definition) is 4. The highest BCUT2D eigenvalue weighted by atomic mass is 19.1. The van der Waals surface area contributed by atoms with Crippen LogP contribution in [0.3, 0.4) is 0 Å². The third kappa shape index (κ3) is 3.38. The Morgan fingerprint density at radius 2 is 1.92 bits per heavy atom. The molecule has 126 valence electrons. The summed E-state index contributed by atoms with van der Waals surface area (Å²) in [7, 11) is 0. The van der Waals surface area contributed by atoms with Crippen LogP contribution >= 0.6 is 0 Å². The van der Waals surface area contributed by atoms with Gasteiger partial charge in [0.25, 0.3) is 5.69 Å². The number of benzene rings is 2. The first-order valence-electron chi connectivity index (χ1n) is 8.10. The highest BCUT2D eigenvalue weighted by Gasteiger charge is 2.24. The van der Waals surface area contributed by atoms with Crippen molar-refractivity contribution in [3.05, 3.63) is 57.9 Å². The van der Waals surface area contributed by atoms with Gasteiger partial charge in [-0.1, -0.05) is 24.6 Å². The van der Waals surface area contributed by atoms with E-state index >= 15 is 0 Å². The standard InChI is InChI=1S/C18H20FN3O2/c19-15-6-4-5-13(11-15)17-14(12-21-9-2-1-3-10-21)7-8-16(20)18(17)22(23)24/h4-8,11H,1-3,9-10,12,20H2. The fourth-order valence-corrected chi connectivity index (χ4v) is 3.30. The Labute approximate surface area is 140 Å². The molecule has 0 aromatic heterocycles. The van der Waals surface area contributed by atoms with E-state index in [4.69, 9.17) is 5.73 Å². The molecule has 3 rings (SSSR count). The van der Waals surface area contributed by atoms with E-state index < -0.39 is 10.7 Å². The Bertz CT molecular complexity index is 758. The van der Waals surface area contributed by atoms with Gasteiger partial charge in [-0.2, -0.15) is 0 Å². The van der Waals surface area contributed by atoms with Gasteiger partial charge in [-0.25, -0.2) is 4.39 Å². The van der Waals surface area contributed by atoms with Crippen molar-refractivity contribution in [3.63, 3.8) is 0 Å². The lowest BCUT2D eigenvalue weighted by atomic mass is 9.95. The summed E-state index contributed by atoms with van der Waals surface area (Å²) in [5.41, 5.74) is 7.52. The van der Waals surface area contributed by atoms with Crippen LogP contribution in [-0.4, -0.2) is 22.9 Å². The summed E-state index contributed by atoms with van der Waals surface area (Å²) >= 11 is 0. The SMILES string of the molecule is Nc1ccc(CN2CCCCC2)c(-c2cccc(F)c2)c1[N+](=O)[O-]. The minimum absolute atomic E-state index is 0.0988. The first-order valence-corrected chi connectivity index (χ1v) is 8.10. The van der Waals surface area contributed by atoms with Gasteiger partial charge in [0.15, 0.2) is 0 Å². The molecule has 6 heteroatoms. The number of halogens is 1. The maximum Gasteiger partial charge on any atom is 0.300 e. The molecule has 1 fully saturated rings. The molecule has 2 aromatic rings. The third-order valence-corrected chi connectivity index (χ3v) is 4.43. The van der Waals surface area contributed by atoms with Gasteiger partial charge < -0.3 is 5.73 Å². The first kappa shape index (κ1) is 16.4. The molecular formula is C18H20FN3O2. The molecule has 0 atom stereocenters. The van der Waals surface area contributed by atoms with E-state index in [2.05, 4.69) is 4.90 Å². The topological polar surface area (TPSA) is 72.4 Å². The average molecular weight is 329 g/mol. The van der Waals surface area contributed by atoms with Gasteiger partial charge >= 0.3 is 0 Å². The van der Waals surface area contributed by atoms with Crippen molar-refractivity contribution < 1.29 is 9.31 Å². The Kier molecular flexibility index (Phi) is 4.76. The van der Waals surface area contributed by atoms with Crippen molar-refractivity contribution in [3.8, 4) is 11.1 Å². The predicted molar refractivity (Wildman–Crippen MR) is 92.0 cm³/mol. The number of nitro benzene ring substituents is 1. The summed E-state index contributed by atoms with van der Waals surface area (Å²) in [5.74, 6) is -0.423. The van der Waals surface area contributed by atoms with Crippen LogP contribution in [0.2, 0.25) is 0 Å². The highest BCUT2D eigenvalue weighted by molar-refractivity contribution is 5.83. The normalized spacial score (nSPS) is 15.4. The molecule has 0 saturated carbocycles. The van der Waals surface area contributed by atoms with E-state index in [1.165, 1.54) is 18.6 Å².